The lowest BCUT2D eigenvalue weighted by Crippen LogP contribution is -2.32. The predicted octanol–water partition coefficient (Wildman–Crippen LogP) is 2.64. The number of nitrogens with zero attached hydrogens (tertiary/aromatic N) is 2. The molecule has 1 aromatic carbocycles. The topological polar surface area (TPSA) is 53.1 Å². The van der Waals surface area contributed by atoms with Crippen LogP contribution in [0, 0.1) is 6.92 Å². The minimum atomic E-state index is -0.185. The fourth-order valence-corrected chi connectivity index (χ4v) is 2.67. The molecule has 0 bridgehead atoms. The number of nitrogens with two attached hydrogens (primary N) is 1. The Morgan fingerprint density at radius 3 is 2.50 bits per heavy atom. The number of rotatable bonds is 5. The van der Waals surface area contributed by atoms with E-state index in [4.69, 9.17) is 22.1 Å². The molecule has 0 aliphatic heterocycles. The molecule has 0 fully saturated rings. The van der Waals surface area contributed by atoms with Crippen molar-refractivity contribution in [1.82, 2.24) is 9.78 Å². The second-order valence-electron chi connectivity index (χ2n) is 4.90. The third-order valence-electron chi connectivity index (χ3n) is 3.46. The molecule has 0 saturated carbocycles. The third kappa shape index (κ3) is 3.03. The summed E-state index contributed by atoms with van der Waals surface area (Å²) in [5.41, 5.74) is 9.15. The summed E-state index contributed by atoms with van der Waals surface area (Å²) in [5, 5.41) is 5.00. The van der Waals surface area contributed by atoms with E-state index in [1.54, 1.807) is 11.8 Å². The summed E-state index contributed by atoms with van der Waals surface area (Å²) in [6.45, 7) is 1.89. The summed E-state index contributed by atoms with van der Waals surface area (Å²) >= 11 is 6.27. The van der Waals surface area contributed by atoms with Gasteiger partial charge in [-0.3, -0.25) is 4.68 Å². The van der Waals surface area contributed by atoms with E-state index in [-0.39, 0.29) is 12.1 Å². The van der Waals surface area contributed by atoms with Gasteiger partial charge in [-0.2, -0.15) is 5.10 Å². The van der Waals surface area contributed by atoms with E-state index >= 15 is 0 Å². The molecule has 2 rings (SSSR count). The Balaban J connectivity index is 2.20. The first-order valence-corrected chi connectivity index (χ1v) is 6.93. The normalized spacial score (nSPS) is 14.2. The molecule has 0 amide bonds. The number of hydrogen-bond donors (Lipinski definition) is 1. The summed E-state index contributed by atoms with van der Waals surface area (Å²) < 4.78 is 7.35. The van der Waals surface area contributed by atoms with Crippen LogP contribution in [0.2, 0.25) is 5.02 Å². The maximum absolute atomic E-state index is 6.31. The van der Waals surface area contributed by atoms with Gasteiger partial charge in [0, 0.05) is 26.6 Å². The second kappa shape index (κ2) is 6.39. The van der Waals surface area contributed by atoms with Crippen molar-refractivity contribution in [2.45, 2.75) is 25.5 Å². The molecule has 1 heterocycles. The maximum Gasteiger partial charge on any atom is 0.0975 e. The van der Waals surface area contributed by atoms with Crippen LogP contribution in [0.3, 0.4) is 0 Å². The van der Waals surface area contributed by atoms with Gasteiger partial charge in [0.25, 0.3) is 0 Å². The molecule has 2 aromatic rings. The fraction of sp³-hybridized carbons (Fsp3) is 0.400. The van der Waals surface area contributed by atoms with Crippen LogP contribution in [-0.2, 0) is 18.2 Å². The van der Waals surface area contributed by atoms with E-state index in [9.17, 15) is 0 Å². The van der Waals surface area contributed by atoms with Gasteiger partial charge in [-0.1, -0.05) is 41.9 Å². The minimum Gasteiger partial charge on any atom is -0.375 e. The lowest BCUT2D eigenvalue weighted by atomic mass is 9.99. The van der Waals surface area contributed by atoms with Gasteiger partial charge in [0.15, 0.2) is 0 Å². The first kappa shape index (κ1) is 15.0. The van der Waals surface area contributed by atoms with Crippen molar-refractivity contribution in [3.8, 4) is 0 Å². The number of methoxy groups -OCH3 is 1. The average Bonchev–Trinajstić information content (AvgIpc) is 2.67. The van der Waals surface area contributed by atoms with Gasteiger partial charge in [0.2, 0.25) is 0 Å². The number of aryl methyl sites for hydroxylation is 2. The Morgan fingerprint density at radius 1 is 1.35 bits per heavy atom. The van der Waals surface area contributed by atoms with Gasteiger partial charge in [-0.05, 0) is 12.5 Å². The van der Waals surface area contributed by atoms with Crippen LogP contribution >= 0.6 is 11.6 Å². The van der Waals surface area contributed by atoms with Crippen LogP contribution < -0.4 is 5.73 Å². The summed E-state index contributed by atoms with van der Waals surface area (Å²) in [4.78, 5) is 0. The smallest absolute Gasteiger partial charge is 0.0975 e. The van der Waals surface area contributed by atoms with Crippen LogP contribution in [0.15, 0.2) is 30.3 Å². The Labute approximate surface area is 124 Å². The molecular weight excluding hydrogens is 274 g/mol. The molecule has 1 aromatic heterocycles. The van der Waals surface area contributed by atoms with Crippen LogP contribution in [0.1, 0.15) is 23.1 Å². The van der Waals surface area contributed by atoms with Gasteiger partial charge in [-0.25, -0.2) is 0 Å². The first-order chi connectivity index (χ1) is 9.54. The molecule has 5 heteroatoms. The van der Waals surface area contributed by atoms with E-state index in [1.807, 2.05) is 44.3 Å². The van der Waals surface area contributed by atoms with Gasteiger partial charge >= 0.3 is 0 Å². The highest BCUT2D eigenvalue weighted by atomic mass is 35.5. The standard InChI is InChI=1S/C15H20ClN3O/c1-10-14(16)13(19(2)18-10)9-12(17)15(20-3)11-7-5-4-6-8-11/h4-8,12,15H,9,17H2,1-3H3. The van der Waals surface area contributed by atoms with Gasteiger partial charge < -0.3 is 10.5 Å². The van der Waals surface area contributed by atoms with Gasteiger partial charge in [-0.15, -0.1) is 0 Å². The van der Waals surface area contributed by atoms with E-state index in [0.717, 1.165) is 17.0 Å². The number of benzene rings is 1. The van der Waals surface area contributed by atoms with Crippen molar-refractivity contribution < 1.29 is 4.74 Å². The zero-order valence-corrected chi connectivity index (χ0v) is 12.8. The van der Waals surface area contributed by atoms with Gasteiger partial charge in [0.05, 0.1) is 22.5 Å². The Hall–Kier alpha value is -1.36. The minimum absolute atomic E-state index is 0.164. The molecular formula is C15H20ClN3O. The van der Waals surface area contributed by atoms with Crippen molar-refractivity contribution >= 4 is 11.6 Å². The quantitative estimate of drug-likeness (QED) is 0.922. The number of halogens is 1. The van der Waals surface area contributed by atoms with E-state index < -0.39 is 0 Å². The third-order valence-corrected chi connectivity index (χ3v) is 3.95. The average molecular weight is 294 g/mol. The molecule has 0 radical (unpaired) electrons. The highest BCUT2D eigenvalue weighted by molar-refractivity contribution is 6.31. The van der Waals surface area contributed by atoms with E-state index in [1.165, 1.54) is 0 Å². The van der Waals surface area contributed by atoms with Crippen molar-refractivity contribution in [3.05, 3.63) is 52.3 Å². The van der Waals surface area contributed by atoms with Crippen LogP contribution in [0.5, 0.6) is 0 Å². The number of ether oxygens (including phenoxy) is 1. The van der Waals surface area contributed by atoms with Crippen LogP contribution in [0.25, 0.3) is 0 Å². The lowest BCUT2D eigenvalue weighted by molar-refractivity contribution is 0.0797. The predicted molar refractivity (Wildman–Crippen MR) is 80.8 cm³/mol. The van der Waals surface area contributed by atoms with Crippen molar-refractivity contribution in [2.24, 2.45) is 12.8 Å². The molecule has 4 nitrogen and oxygen atoms in total. The van der Waals surface area contributed by atoms with Crippen LogP contribution in [-0.4, -0.2) is 22.9 Å². The summed E-state index contributed by atoms with van der Waals surface area (Å²) in [7, 11) is 3.55. The Bertz CT molecular complexity index is 568. The fourth-order valence-electron chi connectivity index (χ4n) is 2.43. The zero-order valence-electron chi connectivity index (χ0n) is 12.0. The largest absolute Gasteiger partial charge is 0.375 e. The summed E-state index contributed by atoms with van der Waals surface area (Å²) in [6, 6.07) is 9.79. The maximum atomic E-state index is 6.31. The molecule has 0 spiro atoms. The second-order valence-corrected chi connectivity index (χ2v) is 5.28. The van der Waals surface area contributed by atoms with Crippen molar-refractivity contribution in [1.29, 1.82) is 0 Å². The lowest BCUT2D eigenvalue weighted by Gasteiger charge is -2.23. The summed E-state index contributed by atoms with van der Waals surface area (Å²) in [6.07, 6.45) is 0.450. The van der Waals surface area contributed by atoms with Crippen LogP contribution in [0.4, 0.5) is 0 Å². The molecule has 2 unspecified atom stereocenters. The van der Waals surface area contributed by atoms with E-state index in [0.29, 0.717) is 11.4 Å². The zero-order chi connectivity index (χ0) is 14.7. The first-order valence-electron chi connectivity index (χ1n) is 6.56. The molecule has 0 aliphatic rings. The molecule has 2 atom stereocenters. The van der Waals surface area contributed by atoms with Crippen molar-refractivity contribution in [3.63, 3.8) is 0 Å². The summed E-state index contributed by atoms with van der Waals surface area (Å²) in [5.74, 6) is 0. The highest BCUT2D eigenvalue weighted by Crippen LogP contribution is 2.25. The number of aromatic nitrogens is 2. The molecule has 2 N–H and O–H groups in total. The van der Waals surface area contributed by atoms with Crippen molar-refractivity contribution in [2.75, 3.05) is 7.11 Å². The Morgan fingerprint density at radius 2 is 2.00 bits per heavy atom. The highest BCUT2D eigenvalue weighted by Gasteiger charge is 2.23. The molecule has 20 heavy (non-hydrogen) atoms. The molecule has 108 valence electrons. The number of hydrogen-bond acceptors (Lipinski definition) is 3. The molecule has 0 aliphatic carbocycles. The SMILES string of the molecule is COC(c1ccccc1)C(N)Cc1c(Cl)c(C)nn1C. The molecule has 0 saturated heterocycles. The van der Waals surface area contributed by atoms with E-state index in [2.05, 4.69) is 5.10 Å². The monoisotopic (exact) mass is 293 g/mol. The Kier molecular flexibility index (Phi) is 4.81. The van der Waals surface area contributed by atoms with Gasteiger partial charge in [0.1, 0.15) is 0 Å².